The van der Waals surface area contributed by atoms with Crippen LogP contribution < -0.4 is 16.4 Å². The molecule has 1 fully saturated rings. The minimum Gasteiger partial charge on any atom is -0.351 e. The fourth-order valence-corrected chi connectivity index (χ4v) is 4.28. The molecule has 0 spiro atoms. The molecule has 2 heterocycles. The van der Waals surface area contributed by atoms with Crippen LogP contribution in [-0.2, 0) is 11.3 Å². The van der Waals surface area contributed by atoms with E-state index in [0.717, 1.165) is 12.8 Å². The Kier molecular flexibility index (Phi) is 6.50. The van der Waals surface area contributed by atoms with Crippen LogP contribution in [0.5, 0.6) is 0 Å². The molecule has 4 N–H and O–H groups in total. The monoisotopic (exact) mass is 471 g/mol. The van der Waals surface area contributed by atoms with Gasteiger partial charge >= 0.3 is 12.1 Å². The summed E-state index contributed by atoms with van der Waals surface area (Å²) in [7, 11) is 0. The van der Waals surface area contributed by atoms with Gasteiger partial charge in [-0.05, 0) is 31.4 Å². The molecule has 0 radical (unpaired) electrons. The zero-order valence-electron chi connectivity index (χ0n) is 17.7. The molecule has 1 aliphatic rings. The number of carbonyl (C=O) groups excluding carboxylic acids is 3. The lowest BCUT2D eigenvalue weighted by molar-refractivity contribution is -0.126. The number of primary amides is 1. The molecular formula is C23H23ClFN5O3. The predicted octanol–water partition coefficient (Wildman–Crippen LogP) is 4.06. The topological polar surface area (TPSA) is 109 Å². The van der Waals surface area contributed by atoms with Gasteiger partial charge in [-0.15, -0.1) is 0 Å². The Labute approximate surface area is 194 Å². The maximum Gasteiger partial charge on any atom is 0.323 e. The van der Waals surface area contributed by atoms with Gasteiger partial charge in [0.2, 0.25) is 5.91 Å². The standard InChI is InChI=1S/C23H23ClFN5O3/c24-16-8-5-6-14(20(16)25)12-27-21(31)19-10-3-4-11-29(19)23(33)28-17-13-30(22(26)32)18-9-2-1-7-15(17)18/h1-2,5-9,13,19H,3-4,10-12H2,(H2,26,32)(H,27,31)(H,28,33)/t19-/m0/s1. The molecule has 10 heteroatoms. The number of hydrogen-bond donors (Lipinski definition) is 3. The smallest absolute Gasteiger partial charge is 0.323 e. The van der Waals surface area contributed by atoms with Crippen molar-refractivity contribution in [3.05, 3.63) is 65.1 Å². The fraction of sp³-hybridized carbons (Fsp3) is 0.261. The molecule has 1 saturated heterocycles. The highest BCUT2D eigenvalue weighted by Gasteiger charge is 2.32. The molecule has 172 valence electrons. The van der Waals surface area contributed by atoms with E-state index in [0.29, 0.717) is 29.6 Å². The lowest BCUT2D eigenvalue weighted by atomic mass is 10.0. The number of urea groups is 1. The fourth-order valence-electron chi connectivity index (χ4n) is 4.08. The number of nitrogens with one attached hydrogen (secondary N) is 2. The number of amides is 4. The van der Waals surface area contributed by atoms with Crippen LogP contribution in [0.3, 0.4) is 0 Å². The summed E-state index contributed by atoms with van der Waals surface area (Å²) in [5.41, 5.74) is 6.69. The van der Waals surface area contributed by atoms with Gasteiger partial charge in [0.1, 0.15) is 11.9 Å². The van der Waals surface area contributed by atoms with Crippen LogP contribution in [0.25, 0.3) is 10.9 Å². The Morgan fingerprint density at radius 2 is 1.91 bits per heavy atom. The molecule has 4 amide bonds. The minimum absolute atomic E-state index is 0.0180. The largest absolute Gasteiger partial charge is 0.351 e. The third-order valence-corrected chi connectivity index (χ3v) is 6.03. The van der Waals surface area contributed by atoms with E-state index in [1.54, 1.807) is 36.4 Å². The molecule has 1 aliphatic heterocycles. The van der Waals surface area contributed by atoms with Crippen molar-refractivity contribution in [1.29, 1.82) is 0 Å². The number of rotatable bonds is 4. The van der Waals surface area contributed by atoms with Gasteiger partial charge in [0.25, 0.3) is 0 Å². The van der Waals surface area contributed by atoms with Gasteiger partial charge in [-0.25, -0.2) is 14.0 Å². The highest BCUT2D eigenvalue weighted by molar-refractivity contribution is 6.30. The SMILES string of the molecule is NC(=O)n1cc(NC(=O)N2CCCC[C@H]2C(=O)NCc2cccc(Cl)c2F)c2ccccc21. The van der Waals surface area contributed by atoms with E-state index in [2.05, 4.69) is 10.6 Å². The normalized spacial score (nSPS) is 15.9. The van der Waals surface area contributed by atoms with Gasteiger partial charge in [0.15, 0.2) is 0 Å². The van der Waals surface area contributed by atoms with E-state index in [9.17, 15) is 18.8 Å². The zero-order valence-corrected chi connectivity index (χ0v) is 18.4. The van der Waals surface area contributed by atoms with Crippen LogP contribution in [0.15, 0.2) is 48.7 Å². The minimum atomic E-state index is -0.703. The molecule has 4 rings (SSSR count). The van der Waals surface area contributed by atoms with Gasteiger partial charge in [-0.3, -0.25) is 9.36 Å². The Balaban J connectivity index is 1.50. The molecule has 0 bridgehead atoms. The third-order valence-electron chi connectivity index (χ3n) is 5.74. The first-order chi connectivity index (χ1) is 15.9. The van der Waals surface area contributed by atoms with E-state index in [1.165, 1.54) is 21.7 Å². The predicted molar refractivity (Wildman–Crippen MR) is 124 cm³/mol. The molecule has 2 aromatic carbocycles. The Morgan fingerprint density at radius 1 is 1.12 bits per heavy atom. The summed E-state index contributed by atoms with van der Waals surface area (Å²) in [6, 6.07) is 9.79. The number of likely N-dealkylation sites (tertiary alicyclic amines) is 1. The van der Waals surface area contributed by atoms with E-state index < -0.39 is 23.9 Å². The van der Waals surface area contributed by atoms with Crippen LogP contribution in [-0.4, -0.2) is 40.0 Å². The van der Waals surface area contributed by atoms with Crippen LogP contribution >= 0.6 is 11.6 Å². The summed E-state index contributed by atoms with van der Waals surface area (Å²) in [6.45, 7) is 0.354. The first kappa shape index (κ1) is 22.6. The Morgan fingerprint density at radius 3 is 2.70 bits per heavy atom. The average molecular weight is 472 g/mol. The van der Waals surface area contributed by atoms with Crippen LogP contribution in [0, 0.1) is 5.82 Å². The quantitative estimate of drug-likeness (QED) is 0.533. The summed E-state index contributed by atoms with van der Waals surface area (Å²) in [5.74, 6) is -0.952. The molecule has 0 aliphatic carbocycles. The zero-order chi connectivity index (χ0) is 23.5. The first-order valence-electron chi connectivity index (χ1n) is 10.5. The van der Waals surface area contributed by atoms with Crippen molar-refractivity contribution in [2.45, 2.75) is 31.8 Å². The number of fused-ring (bicyclic) bond motifs is 1. The van der Waals surface area contributed by atoms with E-state index in [-0.39, 0.29) is 23.0 Å². The summed E-state index contributed by atoms with van der Waals surface area (Å²) in [4.78, 5) is 39.2. The maximum atomic E-state index is 14.1. The van der Waals surface area contributed by atoms with Crippen molar-refractivity contribution in [1.82, 2.24) is 14.8 Å². The number of anilines is 1. The Hall–Kier alpha value is -3.59. The average Bonchev–Trinajstić information content (AvgIpc) is 3.18. The van der Waals surface area contributed by atoms with E-state index in [1.807, 2.05) is 0 Å². The number of benzene rings is 2. The van der Waals surface area contributed by atoms with E-state index in [4.69, 9.17) is 17.3 Å². The number of para-hydroxylation sites is 1. The highest BCUT2D eigenvalue weighted by atomic mass is 35.5. The molecule has 33 heavy (non-hydrogen) atoms. The van der Waals surface area contributed by atoms with Crippen molar-refractivity contribution in [3.8, 4) is 0 Å². The Bertz CT molecular complexity index is 1230. The second kappa shape index (κ2) is 9.50. The van der Waals surface area contributed by atoms with Crippen molar-refractivity contribution in [2.75, 3.05) is 11.9 Å². The van der Waals surface area contributed by atoms with E-state index >= 15 is 0 Å². The molecule has 1 atom stereocenters. The summed E-state index contributed by atoms with van der Waals surface area (Å²) in [5, 5.41) is 6.15. The molecule has 0 saturated carbocycles. The van der Waals surface area contributed by atoms with Gasteiger partial charge in [0, 0.05) is 30.2 Å². The number of aromatic nitrogens is 1. The van der Waals surface area contributed by atoms with Gasteiger partial charge < -0.3 is 21.3 Å². The molecule has 0 unspecified atom stereocenters. The molecule has 1 aromatic heterocycles. The van der Waals surface area contributed by atoms with Crippen molar-refractivity contribution in [2.24, 2.45) is 5.73 Å². The number of carbonyl (C=O) groups is 3. The van der Waals surface area contributed by atoms with Gasteiger partial charge in [-0.1, -0.05) is 41.9 Å². The molecular weight excluding hydrogens is 449 g/mol. The number of hydrogen-bond acceptors (Lipinski definition) is 3. The van der Waals surface area contributed by atoms with Gasteiger partial charge in [0.05, 0.1) is 16.2 Å². The number of nitrogens with two attached hydrogens (primary N) is 1. The van der Waals surface area contributed by atoms with Crippen LogP contribution in [0.2, 0.25) is 5.02 Å². The van der Waals surface area contributed by atoms with Crippen LogP contribution in [0.4, 0.5) is 19.7 Å². The summed E-state index contributed by atoms with van der Waals surface area (Å²) < 4.78 is 15.4. The lowest BCUT2D eigenvalue weighted by Gasteiger charge is -2.34. The molecule has 3 aromatic rings. The number of piperidine rings is 1. The maximum absolute atomic E-state index is 14.1. The molecule has 8 nitrogen and oxygen atoms in total. The third kappa shape index (κ3) is 4.63. The lowest BCUT2D eigenvalue weighted by Crippen LogP contribution is -2.53. The van der Waals surface area contributed by atoms with Crippen molar-refractivity contribution < 1.29 is 18.8 Å². The summed E-state index contributed by atoms with van der Waals surface area (Å²) >= 11 is 5.80. The highest BCUT2D eigenvalue weighted by Crippen LogP contribution is 2.27. The van der Waals surface area contributed by atoms with Crippen LogP contribution in [0.1, 0.15) is 24.8 Å². The second-order valence-corrected chi connectivity index (χ2v) is 8.24. The van der Waals surface area contributed by atoms with Crippen molar-refractivity contribution >= 4 is 46.2 Å². The number of halogens is 2. The summed E-state index contributed by atoms with van der Waals surface area (Å²) in [6.07, 6.45) is 3.49. The van der Waals surface area contributed by atoms with Gasteiger partial charge in [-0.2, -0.15) is 0 Å². The second-order valence-electron chi connectivity index (χ2n) is 7.83. The number of nitrogens with zero attached hydrogens (tertiary/aromatic N) is 2. The first-order valence-corrected chi connectivity index (χ1v) is 10.9. The van der Waals surface area contributed by atoms with Crippen molar-refractivity contribution in [3.63, 3.8) is 0 Å².